The Hall–Kier alpha value is -3.46. The summed E-state index contributed by atoms with van der Waals surface area (Å²) >= 11 is 5.77. The summed E-state index contributed by atoms with van der Waals surface area (Å²) in [6, 6.07) is 17.5. The highest BCUT2D eigenvalue weighted by Crippen LogP contribution is 2.25. The quantitative estimate of drug-likeness (QED) is 0.439. The summed E-state index contributed by atoms with van der Waals surface area (Å²) < 4.78 is 19.4. The van der Waals surface area contributed by atoms with Crippen molar-refractivity contribution >= 4 is 40.4 Å². The van der Waals surface area contributed by atoms with Gasteiger partial charge in [0.2, 0.25) is 0 Å². The smallest absolute Gasteiger partial charge is 0.323 e. The average Bonchev–Trinajstić information content (AvgIpc) is 2.91. The van der Waals surface area contributed by atoms with Gasteiger partial charge < -0.3 is 20.3 Å². The Bertz CT molecular complexity index is 1300. The van der Waals surface area contributed by atoms with E-state index in [0.717, 1.165) is 75.5 Å². The summed E-state index contributed by atoms with van der Waals surface area (Å²) in [5.41, 5.74) is 4.10. The third-order valence-electron chi connectivity index (χ3n) is 6.46. The molecule has 0 bridgehead atoms. The Kier molecular flexibility index (Phi) is 7.99. The van der Waals surface area contributed by atoms with Crippen LogP contribution in [0.3, 0.4) is 0 Å². The van der Waals surface area contributed by atoms with Crippen molar-refractivity contribution in [3.8, 4) is 0 Å². The number of benzene rings is 2. The normalized spacial score (nSPS) is 16.3. The van der Waals surface area contributed by atoms with Crippen molar-refractivity contribution in [3.05, 3.63) is 88.8 Å². The predicted octanol–water partition coefficient (Wildman–Crippen LogP) is 5.64. The van der Waals surface area contributed by atoms with E-state index in [9.17, 15) is 9.18 Å². The van der Waals surface area contributed by atoms with Gasteiger partial charge in [-0.15, -0.1) is 0 Å². The Morgan fingerprint density at radius 2 is 1.86 bits per heavy atom. The van der Waals surface area contributed by atoms with Gasteiger partial charge in [0, 0.05) is 43.4 Å². The van der Waals surface area contributed by atoms with Crippen LogP contribution in [0.25, 0.3) is 5.57 Å². The second-order valence-electron chi connectivity index (χ2n) is 9.10. The predicted molar refractivity (Wildman–Crippen MR) is 146 cm³/mol. The van der Waals surface area contributed by atoms with Crippen LogP contribution in [0.5, 0.6) is 0 Å². The molecular weight excluding hydrogens is 493 g/mol. The molecule has 2 aliphatic rings. The zero-order chi connectivity index (χ0) is 25.6. The first-order valence-corrected chi connectivity index (χ1v) is 12.7. The number of urea groups is 1. The van der Waals surface area contributed by atoms with E-state index < -0.39 is 11.8 Å². The molecule has 1 fully saturated rings. The maximum atomic E-state index is 14.0. The minimum atomic E-state index is -0.586. The molecule has 0 spiro atoms. The summed E-state index contributed by atoms with van der Waals surface area (Å²) in [6.07, 6.45) is 3.18. The lowest BCUT2D eigenvalue weighted by Gasteiger charge is -2.29. The van der Waals surface area contributed by atoms with Crippen molar-refractivity contribution in [1.29, 1.82) is 0 Å². The third kappa shape index (κ3) is 6.65. The van der Waals surface area contributed by atoms with Crippen LogP contribution >= 0.6 is 11.6 Å². The van der Waals surface area contributed by atoms with Crippen LogP contribution in [0.4, 0.5) is 26.4 Å². The van der Waals surface area contributed by atoms with Gasteiger partial charge in [0.1, 0.15) is 11.6 Å². The van der Waals surface area contributed by atoms with Crippen LogP contribution in [0.15, 0.2) is 66.7 Å². The maximum Gasteiger partial charge on any atom is 0.323 e. The summed E-state index contributed by atoms with van der Waals surface area (Å²) in [5, 5.41) is 5.56. The van der Waals surface area contributed by atoms with Crippen molar-refractivity contribution in [2.45, 2.75) is 13.0 Å². The number of carbonyl (C=O) groups excluding carboxylic acids is 1. The standard InChI is InChI=1S/C28H29ClFN5O2/c29-22-7-8-26(24(30)18-22)33-28(36)31-23-4-1-3-20(17-23)19-34-11-9-21(10-12-34)25-5-2-6-27(32-25)35-13-15-37-16-14-35/h1-9,17-18H,10-16,19H2,(H2,31,33,36). The number of halogens is 2. The van der Waals surface area contributed by atoms with Gasteiger partial charge in [0.25, 0.3) is 0 Å². The van der Waals surface area contributed by atoms with E-state index in [2.05, 4.69) is 44.7 Å². The molecule has 2 aliphatic heterocycles. The maximum absolute atomic E-state index is 14.0. The molecule has 2 aromatic carbocycles. The molecule has 3 heterocycles. The molecule has 0 unspecified atom stereocenters. The molecule has 0 saturated carbocycles. The highest BCUT2D eigenvalue weighted by atomic mass is 35.5. The largest absolute Gasteiger partial charge is 0.378 e. The van der Waals surface area contributed by atoms with Crippen molar-refractivity contribution in [1.82, 2.24) is 9.88 Å². The van der Waals surface area contributed by atoms with Gasteiger partial charge >= 0.3 is 6.03 Å². The highest BCUT2D eigenvalue weighted by molar-refractivity contribution is 6.30. The molecular formula is C28H29ClFN5O2. The van der Waals surface area contributed by atoms with Gasteiger partial charge in [-0.2, -0.15) is 0 Å². The third-order valence-corrected chi connectivity index (χ3v) is 6.70. The Morgan fingerprint density at radius 1 is 1.03 bits per heavy atom. The zero-order valence-corrected chi connectivity index (χ0v) is 21.2. The number of nitrogens with zero attached hydrogens (tertiary/aromatic N) is 3. The molecule has 1 saturated heterocycles. The van der Waals surface area contributed by atoms with E-state index in [1.807, 2.05) is 24.3 Å². The topological polar surface area (TPSA) is 69.7 Å². The molecule has 0 radical (unpaired) electrons. The van der Waals surface area contributed by atoms with Crippen molar-refractivity contribution in [2.75, 3.05) is 54.9 Å². The summed E-state index contributed by atoms with van der Waals surface area (Å²) in [7, 11) is 0. The fourth-order valence-electron chi connectivity index (χ4n) is 4.54. The number of amides is 2. The number of anilines is 3. The minimum absolute atomic E-state index is 0.0685. The molecule has 5 rings (SSSR count). The Labute approximate surface area is 220 Å². The summed E-state index contributed by atoms with van der Waals surface area (Å²) in [5.74, 6) is 0.424. The number of nitrogens with one attached hydrogen (secondary N) is 2. The van der Waals surface area contributed by atoms with Crippen LogP contribution in [-0.4, -0.2) is 55.3 Å². The number of pyridine rings is 1. The summed E-state index contributed by atoms with van der Waals surface area (Å²) in [4.78, 5) is 21.9. The molecule has 2 amide bonds. The highest BCUT2D eigenvalue weighted by Gasteiger charge is 2.17. The van der Waals surface area contributed by atoms with E-state index >= 15 is 0 Å². The van der Waals surface area contributed by atoms with E-state index in [-0.39, 0.29) is 10.7 Å². The number of rotatable bonds is 6. The minimum Gasteiger partial charge on any atom is -0.378 e. The number of aromatic nitrogens is 1. The number of hydrogen-bond acceptors (Lipinski definition) is 5. The molecule has 7 nitrogen and oxygen atoms in total. The number of hydrogen-bond donors (Lipinski definition) is 2. The molecule has 37 heavy (non-hydrogen) atoms. The van der Waals surface area contributed by atoms with Gasteiger partial charge in [-0.25, -0.2) is 14.2 Å². The molecule has 0 atom stereocenters. The molecule has 9 heteroatoms. The lowest BCUT2D eigenvalue weighted by Crippen LogP contribution is -2.36. The first-order chi connectivity index (χ1) is 18.0. The van der Waals surface area contributed by atoms with E-state index in [1.54, 1.807) is 0 Å². The molecule has 0 aliphatic carbocycles. The van der Waals surface area contributed by atoms with Crippen molar-refractivity contribution in [3.63, 3.8) is 0 Å². The Balaban J connectivity index is 1.17. The second kappa shape index (κ2) is 11.7. The summed E-state index contributed by atoms with van der Waals surface area (Å²) in [6.45, 7) is 5.73. The van der Waals surface area contributed by atoms with Gasteiger partial charge in [-0.1, -0.05) is 35.9 Å². The SMILES string of the molecule is O=C(Nc1cccc(CN2CC=C(c3cccc(N4CCOCC4)n3)CC2)c1)Nc1ccc(Cl)cc1F. The van der Waals surface area contributed by atoms with E-state index in [0.29, 0.717) is 5.69 Å². The van der Waals surface area contributed by atoms with Crippen LogP contribution in [0.1, 0.15) is 17.7 Å². The Morgan fingerprint density at radius 3 is 2.65 bits per heavy atom. The molecule has 1 aromatic heterocycles. The first-order valence-electron chi connectivity index (χ1n) is 12.4. The molecule has 192 valence electrons. The van der Waals surface area contributed by atoms with Gasteiger partial charge in [-0.3, -0.25) is 4.90 Å². The first kappa shape index (κ1) is 25.2. The van der Waals surface area contributed by atoms with E-state index in [1.165, 1.54) is 17.7 Å². The van der Waals surface area contributed by atoms with Crippen LogP contribution in [0.2, 0.25) is 5.02 Å². The van der Waals surface area contributed by atoms with Crippen molar-refractivity contribution in [2.24, 2.45) is 0 Å². The van der Waals surface area contributed by atoms with Gasteiger partial charge in [0.15, 0.2) is 0 Å². The van der Waals surface area contributed by atoms with Crippen LogP contribution in [0, 0.1) is 5.82 Å². The van der Waals surface area contributed by atoms with Crippen molar-refractivity contribution < 1.29 is 13.9 Å². The average molecular weight is 522 g/mol. The number of ether oxygens (including phenoxy) is 1. The number of carbonyl (C=O) groups is 1. The van der Waals surface area contributed by atoms with Gasteiger partial charge in [-0.05, 0) is 60.0 Å². The fraction of sp³-hybridized carbons (Fsp3) is 0.286. The van der Waals surface area contributed by atoms with Crippen LogP contribution < -0.4 is 15.5 Å². The van der Waals surface area contributed by atoms with Crippen LogP contribution in [-0.2, 0) is 11.3 Å². The molecule has 2 N–H and O–H groups in total. The molecule has 3 aromatic rings. The fourth-order valence-corrected chi connectivity index (χ4v) is 4.70. The van der Waals surface area contributed by atoms with E-state index in [4.69, 9.17) is 21.3 Å². The number of morpholine rings is 1. The lowest BCUT2D eigenvalue weighted by atomic mass is 10.0. The lowest BCUT2D eigenvalue weighted by molar-refractivity contribution is 0.122. The monoisotopic (exact) mass is 521 g/mol. The second-order valence-corrected chi connectivity index (χ2v) is 9.54. The van der Waals surface area contributed by atoms with Gasteiger partial charge in [0.05, 0.1) is 24.6 Å². The zero-order valence-electron chi connectivity index (χ0n) is 20.4.